The second-order valence-corrected chi connectivity index (χ2v) is 6.81. The molecule has 2 heterocycles. The van der Waals surface area contributed by atoms with Crippen molar-refractivity contribution < 1.29 is 22.0 Å². The summed E-state index contributed by atoms with van der Waals surface area (Å²) in [6.45, 7) is 4.01. The van der Waals surface area contributed by atoms with E-state index >= 15 is 0 Å². The van der Waals surface area contributed by atoms with Crippen LogP contribution in [-0.4, -0.2) is 20.6 Å². The van der Waals surface area contributed by atoms with Crippen LogP contribution >= 0.6 is 0 Å². The van der Waals surface area contributed by atoms with Crippen LogP contribution in [0.25, 0.3) is 0 Å². The molecule has 2 aromatic rings. The van der Waals surface area contributed by atoms with E-state index in [-0.39, 0.29) is 18.2 Å². The topological polar surface area (TPSA) is 102 Å². The number of aryl methyl sites for hydroxylation is 2. The van der Waals surface area contributed by atoms with Gasteiger partial charge in [-0.15, -0.1) is 0 Å². The van der Waals surface area contributed by atoms with E-state index in [4.69, 9.17) is 8.83 Å². The zero-order chi connectivity index (χ0) is 16.3. The molecule has 0 aliphatic heterocycles. The first-order valence-corrected chi connectivity index (χ1v) is 8.51. The first kappa shape index (κ1) is 16.3. The molecule has 7 nitrogen and oxygen atoms in total. The number of carbonyl (C=O) groups excluding carboxylic acids is 1. The molecule has 0 unspecified atom stereocenters. The minimum absolute atomic E-state index is 0.00610. The van der Waals surface area contributed by atoms with Crippen LogP contribution < -0.4 is 10.0 Å². The molecular formula is C14H18N2O5S. The van der Waals surface area contributed by atoms with Crippen LogP contribution in [0.3, 0.4) is 0 Å². The summed E-state index contributed by atoms with van der Waals surface area (Å²) in [5.41, 5.74) is 0.899. The van der Waals surface area contributed by atoms with E-state index in [1.54, 1.807) is 6.07 Å². The maximum atomic E-state index is 12.0. The van der Waals surface area contributed by atoms with Gasteiger partial charge in [-0.2, -0.15) is 0 Å². The first-order valence-electron chi connectivity index (χ1n) is 6.62. The second-order valence-electron chi connectivity index (χ2n) is 4.98. The van der Waals surface area contributed by atoms with E-state index in [1.165, 1.54) is 6.07 Å². The quantitative estimate of drug-likeness (QED) is 0.837. The first-order chi connectivity index (χ1) is 10.2. The van der Waals surface area contributed by atoms with E-state index < -0.39 is 10.0 Å². The van der Waals surface area contributed by atoms with Crippen LogP contribution in [0.1, 0.15) is 33.4 Å². The van der Waals surface area contributed by atoms with Gasteiger partial charge in [0.2, 0.25) is 10.0 Å². The van der Waals surface area contributed by atoms with Crippen molar-refractivity contribution in [1.82, 2.24) is 10.0 Å². The normalized spacial score (nSPS) is 11.6. The molecule has 120 valence electrons. The number of nitrogens with one attached hydrogen (secondary N) is 2. The van der Waals surface area contributed by atoms with Gasteiger partial charge in [0.15, 0.2) is 5.76 Å². The lowest BCUT2D eigenvalue weighted by molar-refractivity contribution is 0.0921. The highest BCUT2D eigenvalue weighted by molar-refractivity contribution is 7.88. The third-order valence-electron chi connectivity index (χ3n) is 2.98. The Kier molecular flexibility index (Phi) is 4.72. The lowest BCUT2D eigenvalue weighted by Gasteiger charge is -2.02. The fourth-order valence-electron chi connectivity index (χ4n) is 1.92. The molecule has 2 aromatic heterocycles. The van der Waals surface area contributed by atoms with Crippen LogP contribution in [0.2, 0.25) is 0 Å². The summed E-state index contributed by atoms with van der Waals surface area (Å²) >= 11 is 0. The summed E-state index contributed by atoms with van der Waals surface area (Å²) < 4.78 is 35.0. The molecule has 1 amide bonds. The van der Waals surface area contributed by atoms with Crippen molar-refractivity contribution in [3.05, 3.63) is 46.8 Å². The number of carbonyl (C=O) groups is 1. The molecular weight excluding hydrogens is 308 g/mol. The Balaban J connectivity index is 1.93. The van der Waals surface area contributed by atoms with Gasteiger partial charge in [-0.3, -0.25) is 4.79 Å². The van der Waals surface area contributed by atoms with Crippen molar-refractivity contribution >= 4 is 15.9 Å². The molecule has 0 saturated heterocycles. The highest BCUT2D eigenvalue weighted by Crippen LogP contribution is 2.14. The summed E-state index contributed by atoms with van der Waals surface area (Å²) in [5.74, 6) is 1.67. The summed E-state index contributed by atoms with van der Waals surface area (Å²) in [4.78, 5) is 12.0. The molecule has 0 fully saturated rings. The minimum Gasteiger partial charge on any atom is -0.466 e. The van der Waals surface area contributed by atoms with Gasteiger partial charge in [0.1, 0.15) is 17.3 Å². The lowest BCUT2D eigenvalue weighted by atomic mass is 10.2. The molecule has 0 saturated carbocycles. The minimum atomic E-state index is -3.30. The summed E-state index contributed by atoms with van der Waals surface area (Å²) in [7, 11) is -3.30. The summed E-state index contributed by atoms with van der Waals surface area (Å²) in [6, 6.07) is 4.92. The van der Waals surface area contributed by atoms with E-state index in [9.17, 15) is 13.2 Å². The van der Waals surface area contributed by atoms with E-state index in [0.717, 1.165) is 23.3 Å². The summed E-state index contributed by atoms with van der Waals surface area (Å²) in [5, 5.41) is 2.72. The molecule has 0 atom stereocenters. The van der Waals surface area contributed by atoms with Gasteiger partial charge in [-0.1, -0.05) is 0 Å². The SMILES string of the molecule is Cc1cc(CNC(=O)c2ccc(CNS(C)(=O)=O)o2)c(C)o1. The van der Waals surface area contributed by atoms with Crippen molar-refractivity contribution in [1.29, 1.82) is 0 Å². The van der Waals surface area contributed by atoms with Crippen molar-refractivity contribution in [2.45, 2.75) is 26.9 Å². The van der Waals surface area contributed by atoms with Gasteiger partial charge in [0.25, 0.3) is 5.91 Å². The highest BCUT2D eigenvalue weighted by Gasteiger charge is 2.13. The van der Waals surface area contributed by atoms with Crippen molar-refractivity contribution in [2.24, 2.45) is 0 Å². The van der Waals surface area contributed by atoms with Gasteiger partial charge in [0, 0.05) is 12.1 Å². The number of sulfonamides is 1. The van der Waals surface area contributed by atoms with Gasteiger partial charge in [-0.25, -0.2) is 13.1 Å². The molecule has 0 aromatic carbocycles. The van der Waals surface area contributed by atoms with Crippen molar-refractivity contribution in [3.8, 4) is 0 Å². The maximum Gasteiger partial charge on any atom is 0.287 e. The molecule has 2 rings (SSSR count). The molecule has 2 N–H and O–H groups in total. The Hall–Kier alpha value is -2.06. The largest absolute Gasteiger partial charge is 0.466 e. The molecule has 0 aliphatic carbocycles. The Bertz CT molecular complexity index is 773. The van der Waals surface area contributed by atoms with Crippen LogP contribution in [0.4, 0.5) is 0 Å². The number of furan rings is 2. The van der Waals surface area contributed by atoms with Crippen molar-refractivity contribution in [3.63, 3.8) is 0 Å². The Morgan fingerprint density at radius 2 is 1.91 bits per heavy atom. The van der Waals surface area contributed by atoms with E-state index in [2.05, 4.69) is 10.0 Å². The number of hydrogen-bond donors (Lipinski definition) is 2. The predicted molar refractivity (Wildman–Crippen MR) is 79.7 cm³/mol. The molecule has 0 aliphatic rings. The van der Waals surface area contributed by atoms with E-state index in [1.807, 2.05) is 19.9 Å². The van der Waals surface area contributed by atoms with Gasteiger partial charge >= 0.3 is 0 Å². The number of hydrogen-bond acceptors (Lipinski definition) is 5. The zero-order valence-electron chi connectivity index (χ0n) is 12.6. The number of amides is 1. The second kappa shape index (κ2) is 6.37. The van der Waals surface area contributed by atoms with E-state index in [0.29, 0.717) is 12.3 Å². The zero-order valence-corrected chi connectivity index (χ0v) is 13.4. The lowest BCUT2D eigenvalue weighted by Crippen LogP contribution is -2.22. The fourth-order valence-corrected chi connectivity index (χ4v) is 2.32. The Labute approximate surface area is 128 Å². The van der Waals surface area contributed by atoms with Crippen LogP contribution in [0, 0.1) is 13.8 Å². The summed E-state index contributed by atoms with van der Waals surface area (Å²) in [6.07, 6.45) is 1.05. The van der Waals surface area contributed by atoms with Crippen molar-refractivity contribution in [2.75, 3.05) is 6.26 Å². The molecule has 0 spiro atoms. The van der Waals surface area contributed by atoms with Gasteiger partial charge in [-0.05, 0) is 32.0 Å². The molecule has 8 heteroatoms. The highest BCUT2D eigenvalue weighted by atomic mass is 32.2. The van der Waals surface area contributed by atoms with Gasteiger partial charge < -0.3 is 14.2 Å². The third kappa shape index (κ3) is 4.47. The fraction of sp³-hybridized carbons (Fsp3) is 0.357. The van der Waals surface area contributed by atoms with Crippen LogP contribution in [0.15, 0.2) is 27.0 Å². The average Bonchev–Trinajstić information content (AvgIpc) is 3.00. The van der Waals surface area contributed by atoms with Crippen LogP contribution in [-0.2, 0) is 23.1 Å². The average molecular weight is 326 g/mol. The smallest absolute Gasteiger partial charge is 0.287 e. The Morgan fingerprint density at radius 3 is 2.50 bits per heavy atom. The standard InChI is InChI=1S/C14H18N2O5S/c1-9-6-11(10(2)20-9)7-15-14(17)13-5-4-12(21-13)8-16-22(3,18)19/h4-6,16H,7-8H2,1-3H3,(H,15,17). The predicted octanol–water partition coefficient (Wildman–Crippen LogP) is 1.47. The maximum absolute atomic E-state index is 12.0. The molecule has 22 heavy (non-hydrogen) atoms. The molecule has 0 radical (unpaired) electrons. The Morgan fingerprint density at radius 1 is 1.18 bits per heavy atom. The third-order valence-corrected chi connectivity index (χ3v) is 3.65. The molecule has 0 bridgehead atoms. The number of rotatable bonds is 6. The van der Waals surface area contributed by atoms with Gasteiger partial charge in [0.05, 0.1) is 12.8 Å². The van der Waals surface area contributed by atoms with Crippen LogP contribution in [0.5, 0.6) is 0 Å². The monoisotopic (exact) mass is 326 g/mol.